The number of aromatic amines is 2. The second kappa shape index (κ2) is 8.50. The van der Waals surface area contributed by atoms with E-state index < -0.39 is 0 Å². The molecule has 2 aromatic carbocycles. The SMILES string of the molecule is O=Cc1ccccc1.c1ccc(C(c2ccc[nH]2)c2ccc[nH]2)cc1. The fourth-order valence-corrected chi connectivity index (χ4v) is 2.75. The Kier molecular flexibility index (Phi) is 5.62. The molecule has 0 aliphatic rings. The van der Waals surface area contributed by atoms with E-state index in [0.717, 1.165) is 11.8 Å². The maximum Gasteiger partial charge on any atom is 0.150 e. The van der Waals surface area contributed by atoms with Crippen molar-refractivity contribution < 1.29 is 4.79 Å². The molecule has 0 atom stereocenters. The highest BCUT2D eigenvalue weighted by atomic mass is 16.1. The maximum absolute atomic E-state index is 10.0. The van der Waals surface area contributed by atoms with Crippen molar-refractivity contribution in [3.8, 4) is 0 Å². The lowest BCUT2D eigenvalue weighted by atomic mass is 9.93. The molecule has 0 amide bonds. The van der Waals surface area contributed by atoms with E-state index >= 15 is 0 Å². The first kappa shape index (κ1) is 16.5. The van der Waals surface area contributed by atoms with Crippen LogP contribution in [0.5, 0.6) is 0 Å². The van der Waals surface area contributed by atoms with Crippen LogP contribution < -0.4 is 0 Å². The Hall–Kier alpha value is -3.33. The van der Waals surface area contributed by atoms with Crippen molar-refractivity contribution in [1.82, 2.24) is 9.97 Å². The van der Waals surface area contributed by atoms with Gasteiger partial charge in [-0.2, -0.15) is 0 Å². The summed E-state index contributed by atoms with van der Waals surface area (Å²) < 4.78 is 0. The zero-order valence-corrected chi connectivity index (χ0v) is 13.8. The molecular weight excluding hydrogens is 308 g/mol. The van der Waals surface area contributed by atoms with Crippen LogP contribution in [0.1, 0.15) is 33.2 Å². The van der Waals surface area contributed by atoms with E-state index in [1.807, 2.05) is 48.8 Å². The van der Waals surface area contributed by atoms with Crippen LogP contribution in [0.15, 0.2) is 97.3 Å². The summed E-state index contributed by atoms with van der Waals surface area (Å²) in [5, 5.41) is 0. The van der Waals surface area contributed by atoms with Crippen molar-refractivity contribution in [2.75, 3.05) is 0 Å². The normalized spacial score (nSPS) is 10.1. The van der Waals surface area contributed by atoms with E-state index in [2.05, 4.69) is 46.4 Å². The minimum atomic E-state index is 0.251. The standard InChI is InChI=1S/C15H14N2.C7H6O/c1-2-6-12(7-3-1)15(13-8-4-10-16-13)14-9-5-11-17-14;8-6-7-4-2-1-3-5-7/h1-11,15-17H;1-6H. The van der Waals surface area contributed by atoms with Gasteiger partial charge < -0.3 is 9.97 Å². The molecule has 0 aliphatic heterocycles. The lowest BCUT2D eigenvalue weighted by molar-refractivity contribution is 0.112. The highest BCUT2D eigenvalue weighted by molar-refractivity contribution is 5.74. The van der Waals surface area contributed by atoms with Gasteiger partial charge in [-0.05, 0) is 29.8 Å². The van der Waals surface area contributed by atoms with Crippen molar-refractivity contribution >= 4 is 6.29 Å². The Balaban J connectivity index is 0.000000192. The first-order chi connectivity index (χ1) is 12.4. The third-order valence-electron chi connectivity index (χ3n) is 3.93. The molecule has 0 bridgehead atoms. The van der Waals surface area contributed by atoms with Gasteiger partial charge in [-0.25, -0.2) is 0 Å². The predicted molar refractivity (Wildman–Crippen MR) is 101 cm³/mol. The highest BCUT2D eigenvalue weighted by Gasteiger charge is 2.17. The van der Waals surface area contributed by atoms with Crippen LogP contribution in [0.25, 0.3) is 0 Å². The molecule has 3 heteroatoms. The summed E-state index contributed by atoms with van der Waals surface area (Å²) in [7, 11) is 0. The first-order valence-corrected chi connectivity index (χ1v) is 8.20. The van der Waals surface area contributed by atoms with Gasteiger partial charge in [0, 0.05) is 29.3 Å². The summed E-state index contributed by atoms with van der Waals surface area (Å²) >= 11 is 0. The van der Waals surface area contributed by atoms with Gasteiger partial charge in [0.05, 0.1) is 5.92 Å². The Bertz CT molecular complexity index is 817. The zero-order valence-electron chi connectivity index (χ0n) is 13.8. The molecular formula is C22H20N2O. The summed E-state index contributed by atoms with van der Waals surface area (Å²) in [5.41, 5.74) is 4.43. The molecule has 124 valence electrons. The van der Waals surface area contributed by atoms with Gasteiger partial charge in [-0.3, -0.25) is 4.79 Å². The number of hydrogen-bond acceptors (Lipinski definition) is 1. The van der Waals surface area contributed by atoms with Crippen LogP contribution in [0, 0.1) is 0 Å². The van der Waals surface area contributed by atoms with E-state index in [1.54, 1.807) is 12.1 Å². The average Bonchev–Trinajstić information content (AvgIpc) is 3.39. The first-order valence-electron chi connectivity index (χ1n) is 8.20. The number of nitrogens with one attached hydrogen (secondary N) is 2. The Morgan fingerprint density at radius 1 is 0.640 bits per heavy atom. The number of carbonyl (C=O) groups excluding carboxylic acids is 1. The average molecular weight is 328 g/mol. The van der Waals surface area contributed by atoms with E-state index in [-0.39, 0.29) is 5.92 Å². The van der Waals surface area contributed by atoms with Crippen molar-refractivity contribution in [3.63, 3.8) is 0 Å². The van der Waals surface area contributed by atoms with E-state index in [4.69, 9.17) is 0 Å². The molecule has 0 spiro atoms. The summed E-state index contributed by atoms with van der Waals surface area (Å²) in [6.45, 7) is 0. The zero-order chi connectivity index (χ0) is 17.3. The number of benzene rings is 2. The monoisotopic (exact) mass is 328 g/mol. The van der Waals surface area contributed by atoms with Gasteiger partial charge >= 0.3 is 0 Å². The van der Waals surface area contributed by atoms with Gasteiger partial charge in [-0.1, -0.05) is 60.7 Å². The Morgan fingerprint density at radius 3 is 1.56 bits per heavy atom. The smallest absolute Gasteiger partial charge is 0.150 e. The quantitative estimate of drug-likeness (QED) is 0.508. The van der Waals surface area contributed by atoms with E-state index in [9.17, 15) is 4.79 Å². The number of carbonyl (C=O) groups is 1. The van der Waals surface area contributed by atoms with Crippen molar-refractivity contribution in [2.45, 2.75) is 5.92 Å². The van der Waals surface area contributed by atoms with Crippen LogP contribution >= 0.6 is 0 Å². The van der Waals surface area contributed by atoms with Crippen LogP contribution in [0.3, 0.4) is 0 Å². The van der Waals surface area contributed by atoms with Crippen LogP contribution in [-0.2, 0) is 0 Å². The van der Waals surface area contributed by atoms with E-state index in [1.165, 1.54) is 17.0 Å². The molecule has 2 heterocycles. The summed E-state index contributed by atoms with van der Waals surface area (Å²) in [6, 6.07) is 27.9. The molecule has 0 unspecified atom stereocenters. The van der Waals surface area contributed by atoms with E-state index in [0.29, 0.717) is 0 Å². The lowest BCUT2D eigenvalue weighted by Crippen LogP contribution is -2.03. The summed E-state index contributed by atoms with van der Waals surface area (Å²) in [4.78, 5) is 16.6. The minimum Gasteiger partial charge on any atom is -0.364 e. The third-order valence-corrected chi connectivity index (χ3v) is 3.93. The van der Waals surface area contributed by atoms with Crippen LogP contribution in [-0.4, -0.2) is 16.3 Å². The fraction of sp³-hybridized carbons (Fsp3) is 0.0455. The number of rotatable bonds is 4. The van der Waals surface area contributed by atoms with Crippen LogP contribution in [0.2, 0.25) is 0 Å². The molecule has 2 N–H and O–H groups in total. The molecule has 0 saturated heterocycles. The Labute approximate surface area is 147 Å². The third kappa shape index (κ3) is 4.36. The second-order valence-electron chi connectivity index (χ2n) is 5.62. The minimum absolute atomic E-state index is 0.251. The number of aromatic nitrogens is 2. The topological polar surface area (TPSA) is 48.6 Å². The summed E-state index contributed by atoms with van der Waals surface area (Å²) in [6.07, 6.45) is 4.77. The second-order valence-corrected chi connectivity index (χ2v) is 5.62. The van der Waals surface area contributed by atoms with Crippen molar-refractivity contribution in [1.29, 1.82) is 0 Å². The molecule has 4 aromatic rings. The van der Waals surface area contributed by atoms with Gasteiger partial charge in [-0.15, -0.1) is 0 Å². The van der Waals surface area contributed by atoms with Crippen LogP contribution in [0.4, 0.5) is 0 Å². The molecule has 4 rings (SSSR count). The van der Waals surface area contributed by atoms with Gasteiger partial charge in [0.15, 0.2) is 0 Å². The largest absolute Gasteiger partial charge is 0.364 e. The number of hydrogen-bond donors (Lipinski definition) is 2. The Morgan fingerprint density at radius 2 is 1.16 bits per heavy atom. The lowest BCUT2D eigenvalue weighted by Gasteiger charge is -2.15. The molecule has 0 radical (unpaired) electrons. The molecule has 0 saturated carbocycles. The number of aldehydes is 1. The highest BCUT2D eigenvalue weighted by Crippen LogP contribution is 2.29. The molecule has 2 aromatic heterocycles. The van der Waals surface area contributed by atoms with Gasteiger partial charge in [0.25, 0.3) is 0 Å². The molecule has 3 nitrogen and oxygen atoms in total. The molecule has 0 aliphatic carbocycles. The molecule has 0 fully saturated rings. The predicted octanol–water partition coefficient (Wildman–Crippen LogP) is 5.02. The van der Waals surface area contributed by atoms with Crippen molar-refractivity contribution in [3.05, 3.63) is 120 Å². The van der Waals surface area contributed by atoms with Gasteiger partial charge in [0.2, 0.25) is 0 Å². The fourth-order valence-electron chi connectivity index (χ4n) is 2.75. The number of H-pyrrole nitrogens is 2. The maximum atomic E-state index is 10.0. The molecule has 25 heavy (non-hydrogen) atoms. The van der Waals surface area contributed by atoms with Gasteiger partial charge in [0.1, 0.15) is 6.29 Å². The summed E-state index contributed by atoms with van der Waals surface area (Å²) in [5.74, 6) is 0.251. The van der Waals surface area contributed by atoms with Crippen molar-refractivity contribution in [2.24, 2.45) is 0 Å².